The van der Waals surface area contributed by atoms with E-state index in [2.05, 4.69) is 5.32 Å². The van der Waals surface area contributed by atoms with E-state index < -0.39 is 11.9 Å². The minimum Gasteiger partial charge on any atom is -0.478 e. The normalized spacial score (nSPS) is 10.6. The summed E-state index contributed by atoms with van der Waals surface area (Å²) in [5.74, 6) is -1.11. The van der Waals surface area contributed by atoms with Gasteiger partial charge in [-0.05, 0) is 55.0 Å². The van der Waals surface area contributed by atoms with E-state index in [1.807, 2.05) is 0 Å². The monoisotopic (exact) mass is 389 g/mol. The van der Waals surface area contributed by atoms with Crippen LogP contribution in [0.25, 0.3) is 11.3 Å². The number of aryl methyl sites for hydroxylation is 1. The second kappa shape index (κ2) is 7.23. The first-order valence-corrected chi connectivity index (χ1v) is 8.31. The van der Waals surface area contributed by atoms with Crippen molar-refractivity contribution in [3.8, 4) is 11.3 Å². The molecule has 26 heavy (non-hydrogen) atoms. The molecule has 0 spiro atoms. The van der Waals surface area contributed by atoms with E-state index in [0.29, 0.717) is 27.1 Å². The quantitative estimate of drug-likeness (QED) is 0.616. The zero-order valence-corrected chi connectivity index (χ0v) is 15.1. The summed E-state index contributed by atoms with van der Waals surface area (Å²) in [4.78, 5) is 23.5. The van der Waals surface area contributed by atoms with E-state index in [1.165, 1.54) is 18.2 Å². The molecule has 0 unspecified atom stereocenters. The SMILES string of the molecule is Cc1ccc(C(=O)O)cc1NC(=O)c1ccc(-c2cc(Cl)ccc2Cl)o1. The number of amides is 1. The van der Waals surface area contributed by atoms with Gasteiger partial charge in [0, 0.05) is 16.3 Å². The van der Waals surface area contributed by atoms with Crippen molar-refractivity contribution in [3.63, 3.8) is 0 Å². The third-order valence-corrected chi connectivity index (χ3v) is 4.32. The molecule has 0 saturated carbocycles. The van der Waals surface area contributed by atoms with Crippen molar-refractivity contribution < 1.29 is 19.1 Å². The molecule has 2 N–H and O–H groups in total. The third kappa shape index (κ3) is 3.74. The first-order chi connectivity index (χ1) is 12.3. The highest BCUT2D eigenvalue weighted by Crippen LogP contribution is 2.32. The summed E-state index contributed by atoms with van der Waals surface area (Å²) in [5, 5.41) is 12.7. The average molecular weight is 390 g/mol. The molecule has 2 aromatic carbocycles. The molecule has 5 nitrogen and oxygen atoms in total. The predicted molar refractivity (Wildman–Crippen MR) is 100 cm³/mol. The molecule has 0 radical (unpaired) electrons. The summed E-state index contributed by atoms with van der Waals surface area (Å²) >= 11 is 12.1. The average Bonchev–Trinajstić information content (AvgIpc) is 3.08. The van der Waals surface area contributed by atoms with Gasteiger partial charge < -0.3 is 14.8 Å². The fourth-order valence-electron chi connectivity index (χ4n) is 2.36. The molecule has 0 aliphatic heterocycles. The van der Waals surface area contributed by atoms with Gasteiger partial charge in [-0.15, -0.1) is 0 Å². The Balaban J connectivity index is 1.86. The first kappa shape index (κ1) is 18.0. The van der Waals surface area contributed by atoms with Crippen LogP contribution in [0.3, 0.4) is 0 Å². The van der Waals surface area contributed by atoms with E-state index in [1.54, 1.807) is 37.3 Å². The lowest BCUT2D eigenvalue weighted by Gasteiger charge is -2.08. The molecule has 1 amide bonds. The number of benzene rings is 2. The largest absolute Gasteiger partial charge is 0.478 e. The van der Waals surface area contributed by atoms with Gasteiger partial charge in [-0.1, -0.05) is 29.3 Å². The fraction of sp³-hybridized carbons (Fsp3) is 0.0526. The summed E-state index contributed by atoms with van der Waals surface area (Å²) in [6.07, 6.45) is 0. The van der Waals surface area contributed by atoms with Crippen molar-refractivity contribution in [3.05, 3.63) is 75.5 Å². The van der Waals surface area contributed by atoms with E-state index in [9.17, 15) is 9.59 Å². The van der Waals surface area contributed by atoms with Crippen LogP contribution in [0, 0.1) is 6.92 Å². The number of carboxylic acids is 1. The molecule has 132 valence electrons. The van der Waals surface area contributed by atoms with Crippen LogP contribution in [0.4, 0.5) is 5.69 Å². The summed E-state index contributed by atoms with van der Waals surface area (Å²) in [5.41, 5.74) is 1.78. The molecule has 0 aliphatic rings. The van der Waals surface area contributed by atoms with Gasteiger partial charge in [-0.3, -0.25) is 4.79 Å². The molecule has 0 saturated heterocycles. The molecule has 3 rings (SSSR count). The number of halogens is 2. The van der Waals surface area contributed by atoms with Crippen LogP contribution >= 0.6 is 23.2 Å². The van der Waals surface area contributed by atoms with Gasteiger partial charge in [0.2, 0.25) is 0 Å². The summed E-state index contributed by atoms with van der Waals surface area (Å²) in [6.45, 7) is 1.76. The number of carboxylic acid groups (broad SMARTS) is 1. The van der Waals surface area contributed by atoms with E-state index in [-0.39, 0.29) is 11.3 Å². The minimum atomic E-state index is -1.07. The maximum atomic E-state index is 12.4. The number of rotatable bonds is 4. The molecule has 0 atom stereocenters. The Morgan fingerprint density at radius 2 is 1.81 bits per heavy atom. The highest BCUT2D eigenvalue weighted by atomic mass is 35.5. The fourth-order valence-corrected chi connectivity index (χ4v) is 2.75. The Hall–Kier alpha value is -2.76. The van der Waals surface area contributed by atoms with Crippen LogP contribution in [0.15, 0.2) is 52.9 Å². The number of furan rings is 1. The van der Waals surface area contributed by atoms with Crippen LogP contribution in [0.5, 0.6) is 0 Å². The molecule has 0 fully saturated rings. The molecule has 0 aliphatic carbocycles. The van der Waals surface area contributed by atoms with Gasteiger partial charge in [-0.25, -0.2) is 4.79 Å². The minimum absolute atomic E-state index is 0.0659. The smallest absolute Gasteiger partial charge is 0.335 e. The number of carbonyl (C=O) groups excluding carboxylic acids is 1. The number of hydrogen-bond donors (Lipinski definition) is 2. The van der Waals surface area contributed by atoms with Gasteiger partial charge in [0.05, 0.1) is 10.6 Å². The number of nitrogens with one attached hydrogen (secondary N) is 1. The second-order valence-corrected chi connectivity index (χ2v) is 6.42. The van der Waals surface area contributed by atoms with Crippen molar-refractivity contribution in [2.75, 3.05) is 5.32 Å². The van der Waals surface area contributed by atoms with Gasteiger partial charge in [0.25, 0.3) is 5.91 Å². The lowest BCUT2D eigenvalue weighted by Crippen LogP contribution is -2.12. The van der Waals surface area contributed by atoms with Crippen molar-refractivity contribution in [2.24, 2.45) is 0 Å². The zero-order chi connectivity index (χ0) is 18.8. The van der Waals surface area contributed by atoms with E-state index >= 15 is 0 Å². The first-order valence-electron chi connectivity index (χ1n) is 7.55. The Morgan fingerprint density at radius 3 is 2.54 bits per heavy atom. The van der Waals surface area contributed by atoms with E-state index in [4.69, 9.17) is 32.7 Å². The van der Waals surface area contributed by atoms with Gasteiger partial charge in [-0.2, -0.15) is 0 Å². The number of hydrogen-bond acceptors (Lipinski definition) is 3. The van der Waals surface area contributed by atoms with Gasteiger partial charge in [0.15, 0.2) is 5.76 Å². The Kier molecular flexibility index (Phi) is 5.02. The second-order valence-electron chi connectivity index (χ2n) is 5.58. The highest BCUT2D eigenvalue weighted by Gasteiger charge is 2.16. The lowest BCUT2D eigenvalue weighted by molar-refractivity contribution is 0.0696. The maximum absolute atomic E-state index is 12.4. The molecular weight excluding hydrogens is 377 g/mol. The topological polar surface area (TPSA) is 79.5 Å². The Labute approximate surface area is 159 Å². The van der Waals surface area contributed by atoms with Crippen LogP contribution < -0.4 is 5.32 Å². The Morgan fingerprint density at radius 1 is 1.04 bits per heavy atom. The number of carbonyl (C=O) groups is 2. The maximum Gasteiger partial charge on any atom is 0.335 e. The van der Waals surface area contributed by atoms with Crippen molar-refractivity contribution in [1.29, 1.82) is 0 Å². The van der Waals surface area contributed by atoms with Crippen molar-refractivity contribution in [1.82, 2.24) is 0 Å². The predicted octanol–water partition coefficient (Wildman–Crippen LogP) is 5.51. The van der Waals surface area contributed by atoms with E-state index in [0.717, 1.165) is 5.56 Å². The number of anilines is 1. The van der Waals surface area contributed by atoms with Crippen LogP contribution in [-0.2, 0) is 0 Å². The van der Waals surface area contributed by atoms with Crippen molar-refractivity contribution >= 4 is 40.8 Å². The summed E-state index contributed by atoms with van der Waals surface area (Å²) < 4.78 is 5.59. The van der Waals surface area contributed by atoms with Gasteiger partial charge >= 0.3 is 5.97 Å². The standard InChI is InChI=1S/C19H13Cl2NO4/c1-10-2-3-11(19(24)25)8-15(10)22-18(23)17-7-6-16(26-17)13-9-12(20)4-5-14(13)21/h2-9H,1H3,(H,22,23)(H,24,25). The molecule has 0 bridgehead atoms. The van der Waals surface area contributed by atoms with Crippen LogP contribution in [0.2, 0.25) is 10.0 Å². The van der Waals surface area contributed by atoms with Crippen LogP contribution in [-0.4, -0.2) is 17.0 Å². The lowest BCUT2D eigenvalue weighted by atomic mass is 10.1. The zero-order valence-electron chi connectivity index (χ0n) is 13.5. The van der Waals surface area contributed by atoms with Crippen LogP contribution in [0.1, 0.15) is 26.5 Å². The molecular formula is C19H13Cl2NO4. The third-order valence-electron chi connectivity index (χ3n) is 3.76. The highest BCUT2D eigenvalue weighted by molar-refractivity contribution is 6.35. The molecule has 7 heteroatoms. The summed E-state index contributed by atoms with van der Waals surface area (Å²) in [6, 6.07) is 12.6. The van der Waals surface area contributed by atoms with Crippen molar-refractivity contribution in [2.45, 2.75) is 6.92 Å². The number of aromatic carboxylic acids is 1. The van der Waals surface area contributed by atoms with Gasteiger partial charge in [0.1, 0.15) is 5.76 Å². The molecule has 1 heterocycles. The Bertz CT molecular complexity index is 1010. The molecule has 1 aromatic heterocycles. The summed E-state index contributed by atoms with van der Waals surface area (Å²) in [7, 11) is 0. The molecule has 3 aromatic rings.